The number of Topliss-reactive ketones (excluding diaryl/α,β-unsaturated/α-hetero) is 1. The van der Waals surface area contributed by atoms with E-state index in [2.05, 4.69) is 39.4 Å². The summed E-state index contributed by atoms with van der Waals surface area (Å²) in [5.74, 6) is 1.24. The molecule has 2 heterocycles. The van der Waals surface area contributed by atoms with Crippen molar-refractivity contribution in [3.8, 4) is 5.75 Å². The molecule has 5 rings (SSSR count). The van der Waals surface area contributed by atoms with Gasteiger partial charge in [-0.1, -0.05) is 18.2 Å². The Bertz CT molecular complexity index is 969. The summed E-state index contributed by atoms with van der Waals surface area (Å²) in [6.07, 6.45) is 5.07. The second-order valence-corrected chi connectivity index (χ2v) is 9.34. The van der Waals surface area contributed by atoms with E-state index < -0.39 is 0 Å². The van der Waals surface area contributed by atoms with Crippen LogP contribution in [0.5, 0.6) is 5.75 Å². The Morgan fingerprint density at radius 2 is 1.91 bits per heavy atom. The van der Waals surface area contributed by atoms with Crippen LogP contribution in [0.4, 0.5) is 15.8 Å². The van der Waals surface area contributed by atoms with E-state index in [-0.39, 0.29) is 17.9 Å². The molecule has 0 aromatic heterocycles. The first-order chi connectivity index (χ1) is 15.6. The fourth-order valence-corrected chi connectivity index (χ4v) is 5.26. The van der Waals surface area contributed by atoms with Gasteiger partial charge in [-0.2, -0.15) is 0 Å². The number of ether oxygens (including phenoxy) is 1. The molecule has 2 aromatic rings. The third kappa shape index (κ3) is 4.46. The number of ketones is 1. The standard InChI is InChI=1S/C26H32FN3O2/c1-32-25-17-20(27)9-11-23(25)29-12-14-30(15-13-29)26(24(31)16-18-6-7-18)22-10-8-19-4-2-3-5-21(19)28-22/h2-5,9,11,17-18,22,26,28H,6-8,10,12-16H2,1H3. The Labute approximate surface area is 189 Å². The number of aryl methyl sites for hydroxylation is 1. The summed E-state index contributed by atoms with van der Waals surface area (Å²) in [7, 11) is 1.58. The number of nitrogens with zero attached hydrogens (tertiary/aromatic N) is 2. The van der Waals surface area contributed by atoms with E-state index in [9.17, 15) is 9.18 Å². The molecule has 3 aliphatic rings. The van der Waals surface area contributed by atoms with Crippen molar-refractivity contribution in [3.05, 3.63) is 53.8 Å². The number of para-hydroxylation sites is 1. The van der Waals surface area contributed by atoms with Crippen LogP contribution in [0.2, 0.25) is 0 Å². The van der Waals surface area contributed by atoms with Crippen molar-refractivity contribution in [2.24, 2.45) is 5.92 Å². The molecular formula is C26H32FN3O2. The van der Waals surface area contributed by atoms with E-state index in [0.29, 0.717) is 23.9 Å². The van der Waals surface area contributed by atoms with Gasteiger partial charge in [0.2, 0.25) is 0 Å². The number of fused-ring (bicyclic) bond motifs is 1. The van der Waals surface area contributed by atoms with E-state index in [0.717, 1.165) is 44.7 Å². The maximum atomic E-state index is 13.6. The van der Waals surface area contributed by atoms with Crippen molar-refractivity contribution in [3.63, 3.8) is 0 Å². The Kier molecular flexibility index (Phi) is 6.05. The van der Waals surface area contributed by atoms with E-state index >= 15 is 0 Å². The molecule has 0 radical (unpaired) electrons. The van der Waals surface area contributed by atoms with Gasteiger partial charge >= 0.3 is 0 Å². The van der Waals surface area contributed by atoms with Crippen LogP contribution in [-0.2, 0) is 11.2 Å². The van der Waals surface area contributed by atoms with Gasteiger partial charge < -0.3 is 15.0 Å². The molecule has 5 nitrogen and oxygen atoms in total. The molecule has 1 N–H and O–H groups in total. The van der Waals surface area contributed by atoms with Crippen LogP contribution < -0.4 is 15.0 Å². The molecule has 2 atom stereocenters. The lowest BCUT2D eigenvalue weighted by molar-refractivity contribution is -0.125. The molecule has 2 unspecified atom stereocenters. The van der Waals surface area contributed by atoms with Crippen LogP contribution in [0.1, 0.15) is 31.2 Å². The number of rotatable bonds is 7. The number of anilines is 2. The van der Waals surface area contributed by atoms with E-state index in [1.165, 1.54) is 36.2 Å². The summed E-state index contributed by atoms with van der Waals surface area (Å²) >= 11 is 0. The molecule has 2 aliphatic heterocycles. The topological polar surface area (TPSA) is 44.8 Å². The number of hydrogen-bond donors (Lipinski definition) is 1. The Morgan fingerprint density at radius 3 is 2.66 bits per heavy atom. The number of carbonyl (C=O) groups is 1. The van der Waals surface area contributed by atoms with Gasteiger partial charge in [-0.15, -0.1) is 0 Å². The fourth-order valence-electron chi connectivity index (χ4n) is 5.26. The average Bonchev–Trinajstić information content (AvgIpc) is 3.63. The van der Waals surface area contributed by atoms with Crippen LogP contribution in [0, 0.1) is 11.7 Å². The number of hydrogen-bond acceptors (Lipinski definition) is 5. The SMILES string of the molecule is COc1cc(F)ccc1N1CCN(C(C(=O)CC2CC2)C2CCc3ccccc3N2)CC1. The van der Waals surface area contributed by atoms with E-state index in [4.69, 9.17) is 4.74 Å². The molecular weight excluding hydrogens is 405 g/mol. The maximum Gasteiger partial charge on any atom is 0.152 e. The minimum atomic E-state index is -0.293. The zero-order chi connectivity index (χ0) is 22.1. The highest BCUT2D eigenvalue weighted by Crippen LogP contribution is 2.36. The molecule has 2 aromatic carbocycles. The van der Waals surface area contributed by atoms with Crippen molar-refractivity contribution in [2.75, 3.05) is 43.5 Å². The Morgan fingerprint density at radius 1 is 1.12 bits per heavy atom. The Balaban J connectivity index is 1.31. The number of piperazine rings is 1. The Hall–Kier alpha value is -2.60. The number of methoxy groups -OCH3 is 1. The van der Waals surface area contributed by atoms with Crippen LogP contribution in [0.3, 0.4) is 0 Å². The zero-order valence-electron chi connectivity index (χ0n) is 18.7. The minimum absolute atomic E-state index is 0.0961. The van der Waals surface area contributed by atoms with Gasteiger partial charge in [-0.05, 0) is 55.4 Å². The summed E-state index contributed by atoms with van der Waals surface area (Å²) < 4.78 is 19.0. The summed E-state index contributed by atoms with van der Waals surface area (Å²) in [6.45, 7) is 3.19. The summed E-state index contributed by atoms with van der Waals surface area (Å²) in [6, 6.07) is 13.2. The smallest absolute Gasteiger partial charge is 0.152 e. The number of halogens is 1. The molecule has 32 heavy (non-hydrogen) atoms. The van der Waals surface area contributed by atoms with Crippen molar-refractivity contribution >= 4 is 17.2 Å². The first kappa shape index (κ1) is 21.3. The van der Waals surface area contributed by atoms with Crippen LogP contribution >= 0.6 is 0 Å². The molecule has 1 aliphatic carbocycles. The van der Waals surface area contributed by atoms with Crippen LogP contribution in [0.25, 0.3) is 0 Å². The van der Waals surface area contributed by atoms with Gasteiger partial charge in [0.25, 0.3) is 0 Å². The quantitative estimate of drug-likeness (QED) is 0.706. The number of benzene rings is 2. The second kappa shape index (κ2) is 9.10. The van der Waals surface area contributed by atoms with Gasteiger partial charge in [-0.25, -0.2) is 4.39 Å². The van der Waals surface area contributed by atoms with Crippen molar-refractivity contribution in [1.82, 2.24) is 4.90 Å². The molecule has 1 saturated heterocycles. The van der Waals surface area contributed by atoms with E-state index in [1.807, 2.05) is 0 Å². The molecule has 0 amide bonds. The predicted octanol–water partition coefficient (Wildman–Crippen LogP) is 4.12. The molecule has 170 valence electrons. The summed E-state index contributed by atoms with van der Waals surface area (Å²) in [5.41, 5.74) is 3.42. The zero-order valence-corrected chi connectivity index (χ0v) is 18.7. The maximum absolute atomic E-state index is 13.6. The molecule has 2 fully saturated rings. The fraction of sp³-hybridized carbons (Fsp3) is 0.500. The minimum Gasteiger partial charge on any atom is -0.494 e. The van der Waals surface area contributed by atoms with Gasteiger partial charge in [0.15, 0.2) is 5.78 Å². The predicted molar refractivity (Wildman–Crippen MR) is 125 cm³/mol. The van der Waals surface area contributed by atoms with Crippen molar-refractivity contribution in [1.29, 1.82) is 0 Å². The lowest BCUT2D eigenvalue weighted by Gasteiger charge is -2.44. The van der Waals surface area contributed by atoms with Gasteiger partial charge in [-0.3, -0.25) is 9.69 Å². The summed E-state index contributed by atoms with van der Waals surface area (Å²) in [5, 5.41) is 3.70. The molecule has 0 bridgehead atoms. The third-order valence-corrected chi connectivity index (χ3v) is 7.17. The largest absolute Gasteiger partial charge is 0.494 e. The van der Waals surface area contributed by atoms with E-state index in [1.54, 1.807) is 13.2 Å². The lowest BCUT2D eigenvalue weighted by atomic mass is 9.89. The second-order valence-electron chi connectivity index (χ2n) is 9.34. The first-order valence-corrected chi connectivity index (χ1v) is 11.8. The molecule has 6 heteroatoms. The third-order valence-electron chi connectivity index (χ3n) is 7.17. The molecule has 0 spiro atoms. The highest BCUT2D eigenvalue weighted by molar-refractivity contribution is 5.86. The number of carbonyl (C=O) groups excluding carboxylic acids is 1. The van der Waals surface area contributed by atoms with Crippen molar-refractivity contribution in [2.45, 2.75) is 44.2 Å². The highest BCUT2D eigenvalue weighted by atomic mass is 19.1. The lowest BCUT2D eigenvalue weighted by Crippen LogP contribution is -2.58. The van der Waals surface area contributed by atoms with Gasteiger partial charge in [0, 0.05) is 50.4 Å². The van der Waals surface area contributed by atoms with Gasteiger partial charge in [0.1, 0.15) is 11.6 Å². The average molecular weight is 438 g/mol. The number of nitrogens with one attached hydrogen (secondary N) is 1. The van der Waals surface area contributed by atoms with Crippen molar-refractivity contribution < 1.29 is 13.9 Å². The van der Waals surface area contributed by atoms with Crippen LogP contribution in [-0.4, -0.2) is 56.1 Å². The summed E-state index contributed by atoms with van der Waals surface area (Å²) in [4.78, 5) is 18.1. The van der Waals surface area contributed by atoms with Crippen LogP contribution in [0.15, 0.2) is 42.5 Å². The normalized spacial score (nSPS) is 22.1. The molecule has 1 saturated carbocycles. The monoisotopic (exact) mass is 437 g/mol. The highest BCUT2D eigenvalue weighted by Gasteiger charge is 2.39. The van der Waals surface area contributed by atoms with Gasteiger partial charge in [0.05, 0.1) is 18.8 Å². The first-order valence-electron chi connectivity index (χ1n) is 11.8.